The summed E-state index contributed by atoms with van der Waals surface area (Å²) in [5.41, 5.74) is 3.32. The fourth-order valence-corrected chi connectivity index (χ4v) is 3.21. The van der Waals surface area contributed by atoms with E-state index < -0.39 is 0 Å². The van der Waals surface area contributed by atoms with E-state index in [-0.39, 0.29) is 12.4 Å². The zero-order valence-electron chi connectivity index (χ0n) is 14.4. The van der Waals surface area contributed by atoms with Crippen molar-refractivity contribution in [2.24, 2.45) is 0 Å². The van der Waals surface area contributed by atoms with Crippen molar-refractivity contribution in [3.63, 3.8) is 0 Å². The average Bonchev–Trinajstić information content (AvgIpc) is 3.24. The fraction of sp³-hybridized carbons (Fsp3) is 0.263. The predicted octanol–water partition coefficient (Wildman–Crippen LogP) is 4.49. The van der Waals surface area contributed by atoms with Gasteiger partial charge >= 0.3 is 5.97 Å². The number of nitrogens with zero attached hydrogens (tertiary/aromatic N) is 1. The summed E-state index contributed by atoms with van der Waals surface area (Å²) in [4.78, 5) is 16.5. The zero-order valence-corrected chi connectivity index (χ0v) is 15.2. The van der Waals surface area contributed by atoms with Crippen LogP contribution in [0.4, 0.5) is 0 Å². The molecule has 0 aliphatic heterocycles. The summed E-state index contributed by atoms with van der Waals surface area (Å²) in [7, 11) is 1.64. The van der Waals surface area contributed by atoms with E-state index in [1.807, 2.05) is 41.9 Å². The molecule has 0 saturated carbocycles. The maximum atomic E-state index is 11.9. The van der Waals surface area contributed by atoms with Gasteiger partial charge in [0.2, 0.25) is 5.89 Å². The summed E-state index contributed by atoms with van der Waals surface area (Å²) < 4.78 is 16.3. The van der Waals surface area contributed by atoms with Gasteiger partial charge in [0, 0.05) is 16.5 Å². The van der Waals surface area contributed by atoms with Crippen LogP contribution in [0.2, 0.25) is 0 Å². The maximum absolute atomic E-state index is 11.9. The van der Waals surface area contributed by atoms with E-state index in [9.17, 15) is 4.79 Å². The molecule has 0 aliphatic rings. The quantitative estimate of drug-likeness (QED) is 0.608. The Labute approximate surface area is 150 Å². The molecule has 0 N–H and O–H groups in total. The highest BCUT2D eigenvalue weighted by Gasteiger charge is 2.20. The lowest BCUT2D eigenvalue weighted by molar-refractivity contribution is -0.142. The van der Waals surface area contributed by atoms with Gasteiger partial charge < -0.3 is 13.9 Å². The van der Waals surface area contributed by atoms with Crippen LogP contribution in [0.25, 0.3) is 22.8 Å². The number of esters is 1. The number of carbonyl (C=O) groups is 1. The van der Waals surface area contributed by atoms with Crippen molar-refractivity contribution in [2.75, 3.05) is 13.7 Å². The number of ether oxygens (including phenoxy) is 2. The number of hydrogen-bond donors (Lipinski definition) is 0. The van der Waals surface area contributed by atoms with E-state index in [2.05, 4.69) is 4.98 Å². The molecule has 5 nitrogen and oxygen atoms in total. The third-order valence-corrected chi connectivity index (χ3v) is 4.42. The van der Waals surface area contributed by atoms with E-state index >= 15 is 0 Å². The SMILES string of the molecule is CCOC(=O)Cc1nc(-c2ccc(OC)c(C)c2)oc1-c1ccsc1. The molecule has 6 heteroatoms. The van der Waals surface area contributed by atoms with Crippen molar-refractivity contribution in [2.45, 2.75) is 20.3 Å². The molecule has 2 aromatic heterocycles. The van der Waals surface area contributed by atoms with Crippen LogP contribution >= 0.6 is 11.3 Å². The van der Waals surface area contributed by atoms with Gasteiger partial charge in [0.05, 0.1) is 25.8 Å². The standard InChI is InChI=1S/C19H19NO4S/c1-4-23-17(21)10-15-18(14-7-8-25-11-14)24-19(20-15)13-5-6-16(22-3)12(2)9-13/h5-9,11H,4,10H2,1-3H3. The first-order valence-electron chi connectivity index (χ1n) is 7.95. The maximum Gasteiger partial charge on any atom is 0.312 e. The number of benzene rings is 1. The van der Waals surface area contributed by atoms with Gasteiger partial charge in [-0.05, 0) is 49.1 Å². The third kappa shape index (κ3) is 3.74. The van der Waals surface area contributed by atoms with Crippen molar-refractivity contribution >= 4 is 17.3 Å². The number of rotatable bonds is 6. The van der Waals surface area contributed by atoms with Gasteiger partial charge in [-0.25, -0.2) is 4.98 Å². The van der Waals surface area contributed by atoms with Crippen LogP contribution in [0.5, 0.6) is 5.75 Å². The second kappa shape index (κ2) is 7.53. The number of hydrogen-bond acceptors (Lipinski definition) is 6. The van der Waals surface area contributed by atoms with Gasteiger partial charge in [0.15, 0.2) is 5.76 Å². The van der Waals surface area contributed by atoms with Gasteiger partial charge in [-0.3, -0.25) is 4.79 Å². The molecule has 0 bridgehead atoms. The Balaban J connectivity index is 2.01. The molecule has 0 atom stereocenters. The molecule has 25 heavy (non-hydrogen) atoms. The molecule has 130 valence electrons. The summed E-state index contributed by atoms with van der Waals surface area (Å²) in [5, 5.41) is 3.93. The number of oxazole rings is 1. The third-order valence-electron chi connectivity index (χ3n) is 3.74. The molecule has 1 aromatic carbocycles. The summed E-state index contributed by atoms with van der Waals surface area (Å²) in [6.45, 7) is 4.09. The molecule has 0 unspecified atom stereocenters. The number of methoxy groups -OCH3 is 1. The van der Waals surface area contributed by atoms with E-state index in [1.165, 1.54) is 0 Å². The van der Waals surface area contributed by atoms with Crippen LogP contribution in [-0.4, -0.2) is 24.7 Å². The van der Waals surface area contributed by atoms with Crippen molar-refractivity contribution in [3.8, 4) is 28.5 Å². The summed E-state index contributed by atoms with van der Waals surface area (Å²) >= 11 is 1.56. The molecule has 3 rings (SSSR count). The van der Waals surface area contributed by atoms with E-state index in [4.69, 9.17) is 13.9 Å². The van der Waals surface area contributed by atoms with Gasteiger partial charge in [0.25, 0.3) is 0 Å². The van der Waals surface area contributed by atoms with Crippen LogP contribution in [0, 0.1) is 6.92 Å². The van der Waals surface area contributed by atoms with Crippen molar-refractivity contribution in [1.82, 2.24) is 4.98 Å². The first-order chi connectivity index (χ1) is 12.1. The largest absolute Gasteiger partial charge is 0.496 e. The lowest BCUT2D eigenvalue weighted by Gasteiger charge is -2.04. The summed E-state index contributed by atoms with van der Waals surface area (Å²) in [5.74, 6) is 1.58. The average molecular weight is 357 g/mol. The van der Waals surface area contributed by atoms with Crippen LogP contribution in [-0.2, 0) is 16.0 Å². The topological polar surface area (TPSA) is 61.6 Å². The highest BCUT2D eigenvalue weighted by Crippen LogP contribution is 2.33. The highest BCUT2D eigenvalue weighted by atomic mass is 32.1. The number of aryl methyl sites for hydroxylation is 1. The molecule has 3 aromatic rings. The van der Waals surface area contributed by atoms with E-state index in [0.29, 0.717) is 24.0 Å². The molecule has 2 heterocycles. The summed E-state index contributed by atoms with van der Waals surface area (Å²) in [6.07, 6.45) is 0.0810. The van der Waals surface area contributed by atoms with Gasteiger partial charge in [-0.2, -0.15) is 11.3 Å². The smallest absolute Gasteiger partial charge is 0.312 e. The molecule has 0 radical (unpaired) electrons. The summed E-state index contributed by atoms with van der Waals surface area (Å²) in [6, 6.07) is 7.67. The minimum absolute atomic E-state index is 0.0810. The molecular formula is C19H19NO4S. The first-order valence-corrected chi connectivity index (χ1v) is 8.89. The Morgan fingerprint density at radius 1 is 1.28 bits per heavy atom. The van der Waals surface area contributed by atoms with Crippen LogP contribution < -0.4 is 4.74 Å². The van der Waals surface area contributed by atoms with Crippen molar-refractivity contribution in [1.29, 1.82) is 0 Å². The van der Waals surface area contributed by atoms with Gasteiger partial charge in [0.1, 0.15) is 5.75 Å². The molecule has 0 amide bonds. The second-order valence-electron chi connectivity index (χ2n) is 5.47. The zero-order chi connectivity index (χ0) is 17.8. The van der Waals surface area contributed by atoms with E-state index in [0.717, 1.165) is 22.4 Å². The predicted molar refractivity (Wildman–Crippen MR) is 96.9 cm³/mol. The number of thiophene rings is 1. The Morgan fingerprint density at radius 2 is 2.12 bits per heavy atom. The fourth-order valence-electron chi connectivity index (χ4n) is 2.57. The number of aromatic nitrogens is 1. The van der Waals surface area contributed by atoms with Crippen molar-refractivity contribution in [3.05, 3.63) is 46.3 Å². The first kappa shape index (κ1) is 17.2. The lowest BCUT2D eigenvalue weighted by atomic mass is 10.1. The van der Waals surface area contributed by atoms with Crippen LogP contribution in [0.15, 0.2) is 39.4 Å². The van der Waals surface area contributed by atoms with Gasteiger partial charge in [-0.1, -0.05) is 0 Å². The molecule has 0 fully saturated rings. The van der Waals surface area contributed by atoms with Crippen LogP contribution in [0.3, 0.4) is 0 Å². The number of carbonyl (C=O) groups excluding carboxylic acids is 1. The highest BCUT2D eigenvalue weighted by molar-refractivity contribution is 7.08. The Kier molecular flexibility index (Phi) is 5.19. The Morgan fingerprint density at radius 3 is 2.76 bits per heavy atom. The Bertz CT molecular complexity index is 868. The molecule has 0 spiro atoms. The second-order valence-corrected chi connectivity index (χ2v) is 6.25. The van der Waals surface area contributed by atoms with Gasteiger partial charge in [-0.15, -0.1) is 0 Å². The van der Waals surface area contributed by atoms with E-state index in [1.54, 1.807) is 25.4 Å². The molecule has 0 saturated heterocycles. The molecule has 0 aliphatic carbocycles. The monoisotopic (exact) mass is 357 g/mol. The minimum Gasteiger partial charge on any atom is -0.496 e. The lowest BCUT2D eigenvalue weighted by Crippen LogP contribution is -2.08. The van der Waals surface area contributed by atoms with Crippen LogP contribution in [0.1, 0.15) is 18.2 Å². The minimum atomic E-state index is -0.315. The molecular weight excluding hydrogens is 338 g/mol. The van der Waals surface area contributed by atoms with Crippen molar-refractivity contribution < 1.29 is 18.7 Å². The normalized spacial score (nSPS) is 10.7. The Hall–Kier alpha value is -2.60.